The molecule has 176 valence electrons. The number of alkyl carbamates (subject to hydrolysis) is 1. The number of nitrogens with zero attached hydrogens (tertiary/aromatic N) is 1. The number of aromatic nitrogens is 1. The van der Waals surface area contributed by atoms with E-state index in [1.54, 1.807) is 13.1 Å². The number of hydrogen-bond acceptors (Lipinski definition) is 5. The van der Waals surface area contributed by atoms with E-state index in [0.717, 1.165) is 40.1 Å². The zero-order valence-electron chi connectivity index (χ0n) is 20.1. The Hall–Kier alpha value is -3.67. The minimum atomic E-state index is -0.531. The van der Waals surface area contributed by atoms with E-state index < -0.39 is 11.7 Å². The van der Waals surface area contributed by atoms with Gasteiger partial charge in [-0.3, -0.25) is 4.79 Å². The van der Waals surface area contributed by atoms with Crippen LogP contribution in [0.3, 0.4) is 0 Å². The molecule has 0 saturated carbocycles. The molecule has 2 unspecified atom stereocenters. The number of benzene rings is 1. The first-order valence-electron chi connectivity index (χ1n) is 11.6. The van der Waals surface area contributed by atoms with Crippen molar-refractivity contribution >= 4 is 18.0 Å². The van der Waals surface area contributed by atoms with E-state index in [9.17, 15) is 9.59 Å². The van der Waals surface area contributed by atoms with Crippen LogP contribution in [0, 0.1) is 0 Å². The van der Waals surface area contributed by atoms with Gasteiger partial charge in [-0.25, -0.2) is 9.78 Å². The molecule has 4 rings (SSSR count). The predicted molar refractivity (Wildman–Crippen MR) is 134 cm³/mol. The maximum Gasteiger partial charge on any atom is 0.407 e. The quantitative estimate of drug-likeness (QED) is 0.613. The van der Waals surface area contributed by atoms with Crippen molar-refractivity contribution in [3.05, 3.63) is 83.2 Å². The van der Waals surface area contributed by atoms with Crippen molar-refractivity contribution in [3.63, 3.8) is 0 Å². The fourth-order valence-electron chi connectivity index (χ4n) is 4.17. The van der Waals surface area contributed by atoms with Gasteiger partial charge in [-0.2, -0.15) is 0 Å². The molecule has 2 aliphatic rings. The van der Waals surface area contributed by atoms with Crippen LogP contribution in [0.15, 0.2) is 60.8 Å². The molecular weight excluding hydrogens is 426 g/mol. The van der Waals surface area contributed by atoms with Gasteiger partial charge in [0.25, 0.3) is 0 Å². The summed E-state index contributed by atoms with van der Waals surface area (Å²) in [5.41, 5.74) is 5.16. The van der Waals surface area contributed by atoms with Gasteiger partial charge >= 0.3 is 6.09 Å². The molecule has 1 aliphatic heterocycles. The topological polar surface area (TPSA) is 80.3 Å². The molecule has 1 aromatic heterocycles. The molecule has 2 atom stereocenters. The predicted octanol–water partition coefficient (Wildman–Crippen LogP) is 5.58. The molecule has 1 amide bonds. The molecule has 1 aromatic carbocycles. The molecule has 2 N–H and O–H groups in total. The number of ketones is 1. The summed E-state index contributed by atoms with van der Waals surface area (Å²) in [5.74, 6) is 0.247. The second kappa shape index (κ2) is 9.67. The van der Waals surface area contributed by atoms with Crippen LogP contribution in [0.4, 0.5) is 4.79 Å². The number of amides is 1. The van der Waals surface area contributed by atoms with Crippen molar-refractivity contribution < 1.29 is 14.3 Å². The van der Waals surface area contributed by atoms with Crippen molar-refractivity contribution in [2.45, 2.75) is 58.2 Å². The van der Waals surface area contributed by atoms with E-state index >= 15 is 0 Å². The Morgan fingerprint density at radius 1 is 1.15 bits per heavy atom. The van der Waals surface area contributed by atoms with E-state index in [0.29, 0.717) is 6.54 Å². The average molecular weight is 458 g/mol. The zero-order chi connectivity index (χ0) is 24.3. The van der Waals surface area contributed by atoms with Crippen LogP contribution >= 0.6 is 0 Å². The van der Waals surface area contributed by atoms with Crippen molar-refractivity contribution in [2.75, 3.05) is 0 Å². The third kappa shape index (κ3) is 5.45. The Bertz CT molecular complexity index is 1170. The Morgan fingerprint density at radius 3 is 2.56 bits per heavy atom. The van der Waals surface area contributed by atoms with Crippen LogP contribution in [0.25, 0.3) is 17.3 Å². The minimum Gasteiger partial charge on any atom is -0.444 e. The fourth-order valence-corrected chi connectivity index (χ4v) is 4.17. The monoisotopic (exact) mass is 457 g/mol. The third-order valence-electron chi connectivity index (χ3n) is 5.78. The van der Waals surface area contributed by atoms with Crippen LogP contribution in [0.1, 0.15) is 68.5 Å². The lowest BCUT2D eigenvalue weighted by molar-refractivity contribution is -0.118. The molecule has 6 heteroatoms. The van der Waals surface area contributed by atoms with Gasteiger partial charge in [0, 0.05) is 23.6 Å². The summed E-state index contributed by atoms with van der Waals surface area (Å²) in [5, 5.41) is 5.95. The highest BCUT2D eigenvalue weighted by Crippen LogP contribution is 2.36. The highest BCUT2D eigenvalue weighted by molar-refractivity contribution is 5.85. The minimum absolute atomic E-state index is 0.0621. The van der Waals surface area contributed by atoms with Crippen molar-refractivity contribution in [1.82, 2.24) is 15.6 Å². The first-order chi connectivity index (χ1) is 16.2. The largest absolute Gasteiger partial charge is 0.444 e. The Labute approximate surface area is 200 Å². The molecule has 2 aromatic rings. The lowest BCUT2D eigenvalue weighted by atomic mass is 9.86. The molecule has 0 radical (unpaired) electrons. The molecule has 0 spiro atoms. The van der Waals surface area contributed by atoms with Crippen LogP contribution in [0.2, 0.25) is 0 Å². The molecule has 1 aliphatic carbocycles. The standard InChI is InChI=1S/C28H31N3O3/c1-18(32)25-23-16-22(20-8-6-5-7-9-20)26(31-24(23)14-15-29-25)21-12-10-19(11-13-21)17-30-27(33)34-28(2,3)4/h5-8,10-16,20,25,29H,9,17H2,1-4H3,(H,30,33). The summed E-state index contributed by atoms with van der Waals surface area (Å²) >= 11 is 0. The summed E-state index contributed by atoms with van der Waals surface area (Å²) in [6.07, 6.45) is 12.6. The Balaban J connectivity index is 1.63. The van der Waals surface area contributed by atoms with Gasteiger partial charge in [0.2, 0.25) is 0 Å². The number of carbonyl (C=O) groups excluding carboxylic acids is 2. The van der Waals surface area contributed by atoms with Gasteiger partial charge in [0.15, 0.2) is 5.78 Å². The number of pyridine rings is 1. The summed E-state index contributed by atoms with van der Waals surface area (Å²) in [6.45, 7) is 7.50. The van der Waals surface area contributed by atoms with Crippen LogP contribution < -0.4 is 10.6 Å². The molecule has 2 heterocycles. The van der Waals surface area contributed by atoms with Gasteiger partial charge in [-0.1, -0.05) is 48.6 Å². The highest BCUT2D eigenvalue weighted by atomic mass is 16.6. The van der Waals surface area contributed by atoms with Crippen LogP contribution in [-0.4, -0.2) is 22.5 Å². The zero-order valence-corrected chi connectivity index (χ0v) is 20.1. The molecule has 6 nitrogen and oxygen atoms in total. The summed E-state index contributed by atoms with van der Waals surface area (Å²) in [6, 6.07) is 9.78. The summed E-state index contributed by atoms with van der Waals surface area (Å²) < 4.78 is 5.31. The number of rotatable bonds is 5. The maximum absolute atomic E-state index is 12.2. The van der Waals surface area contributed by atoms with Crippen molar-refractivity contribution in [1.29, 1.82) is 0 Å². The molecule has 0 saturated heterocycles. The second-order valence-corrected chi connectivity index (χ2v) is 9.65. The lowest BCUT2D eigenvalue weighted by Gasteiger charge is -2.25. The van der Waals surface area contributed by atoms with E-state index in [1.165, 1.54) is 0 Å². The van der Waals surface area contributed by atoms with Crippen molar-refractivity contribution in [3.8, 4) is 11.3 Å². The van der Waals surface area contributed by atoms with E-state index in [2.05, 4.69) is 41.0 Å². The van der Waals surface area contributed by atoms with Gasteiger partial charge in [0.05, 0.1) is 11.4 Å². The lowest BCUT2D eigenvalue weighted by Crippen LogP contribution is -2.32. The maximum atomic E-state index is 12.2. The number of allylic oxidation sites excluding steroid dienone is 4. The fraction of sp³-hybridized carbons (Fsp3) is 0.321. The Morgan fingerprint density at radius 2 is 1.91 bits per heavy atom. The van der Waals surface area contributed by atoms with Gasteiger partial charge in [0.1, 0.15) is 11.6 Å². The highest BCUT2D eigenvalue weighted by Gasteiger charge is 2.26. The number of ether oxygens (including phenoxy) is 1. The number of Topliss-reactive ketones (excluding diaryl/α,β-unsaturated/α-hetero) is 1. The van der Waals surface area contributed by atoms with Gasteiger partial charge in [-0.05, 0) is 63.6 Å². The molecular formula is C28H31N3O3. The number of nitrogens with one attached hydrogen (secondary N) is 2. The van der Waals surface area contributed by atoms with Gasteiger partial charge < -0.3 is 15.4 Å². The van der Waals surface area contributed by atoms with E-state index in [-0.39, 0.29) is 17.7 Å². The average Bonchev–Trinajstić information content (AvgIpc) is 2.81. The van der Waals surface area contributed by atoms with E-state index in [4.69, 9.17) is 9.72 Å². The first-order valence-corrected chi connectivity index (χ1v) is 11.6. The number of fused-ring (bicyclic) bond motifs is 1. The Kier molecular flexibility index (Phi) is 6.68. The molecule has 0 fully saturated rings. The summed E-state index contributed by atoms with van der Waals surface area (Å²) in [7, 11) is 0. The SMILES string of the molecule is CC(=O)C1NC=Cc2nc(-c3ccc(CNC(=O)OC(C)(C)C)cc3)c(C3C=CC=CC3)cc21. The normalized spacial score (nSPS) is 18.7. The van der Waals surface area contributed by atoms with E-state index in [1.807, 2.05) is 51.1 Å². The summed E-state index contributed by atoms with van der Waals surface area (Å²) in [4.78, 5) is 29.2. The van der Waals surface area contributed by atoms with Gasteiger partial charge in [-0.15, -0.1) is 0 Å². The third-order valence-corrected chi connectivity index (χ3v) is 5.78. The smallest absolute Gasteiger partial charge is 0.407 e. The first kappa shape index (κ1) is 23.5. The number of carbonyl (C=O) groups is 2. The number of hydrogen-bond donors (Lipinski definition) is 2. The van der Waals surface area contributed by atoms with Crippen molar-refractivity contribution in [2.24, 2.45) is 0 Å². The second-order valence-electron chi connectivity index (χ2n) is 9.65. The molecule has 34 heavy (non-hydrogen) atoms. The molecule has 0 bridgehead atoms. The van der Waals surface area contributed by atoms with Crippen LogP contribution in [0.5, 0.6) is 0 Å². The van der Waals surface area contributed by atoms with Crippen LogP contribution in [-0.2, 0) is 16.1 Å².